The van der Waals surface area contributed by atoms with Gasteiger partial charge in [0.2, 0.25) is 5.91 Å². The molecule has 0 spiro atoms. The van der Waals surface area contributed by atoms with Gasteiger partial charge in [-0.15, -0.1) is 0 Å². The van der Waals surface area contributed by atoms with Crippen molar-refractivity contribution < 1.29 is 14.7 Å². The second-order valence-corrected chi connectivity index (χ2v) is 3.83. The van der Waals surface area contributed by atoms with Crippen molar-refractivity contribution in [2.75, 3.05) is 6.54 Å². The molecule has 1 aliphatic rings. The van der Waals surface area contributed by atoms with Gasteiger partial charge in [-0.1, -0.05) is 0 Å². The summed E-state index contributed by atoms with van der Waals surface area (Å²) in [6.45, 7) is 3.34. The Morgan fingerprint density at radius 2 is 2.23 bits per heavy atom. The number of nitrogens with zero attached hydrogens (tertiary/aromatic N) is 1. The summed E-state index contributed by atoms with van der Waals surface area (Å²) in [7, 11) is 0. The first kappa shape index (κ1) is 9.98. The van der Waals surface area contributed by atoms with E-state index in [-0.39, 0.29) is 18.4 Å². The molecule has 3 N–H and O–H groups in total. The molecule has 13 heavy (non-hydrogen) atoms. The summed E-state index contributed by atoms with van der Waals surface area (Å²) in [5.74, 6) is -1.19. The van der Waals surface area contributed by atoms with Crippen LogP contribution in [0.15, 0.2) is 0 Å². The second-order valence-electron chi connectivity index (χ2n) is 3.83. The van der Waals surface area contributed by atoms with Gasteiger partial charge >= 0.3 is 5.97 Å². The smallest absolute Gasteiger partial charge is 0.329 e. The van der Waals surface area contributed by atoms with E-state index in [1.54, 1.807) is 0 Å². The van der Waals surface area contributed by atoms with Crippen LogP contribution in [0.1, 0.15) is 20.3 Å². The molecule has 0 aromatic carbocycles. The number of carbonyl (C=O) groups excluding carboxylic acids is 1. The van der Waals surface area contributed by atoms with Crippen molar-refractivity contribution in [3.63, 3.8) is 0 Å². The highest BCUT2D eigenvalue weighted by atomic mass is 16.4. The zero-order valence-electron chi connectivity index (χ0n) is 7.78. The van der Waals surface area contributed by atoms with E-state index in [1.807, 2.05) is 0 Å². The molecule has 5 heteroatoms. The van der Waals surface area contributed by atoms with E-state index >= 15 is 0 Å². The largest absolute Gasteiger partial charge is 0.480 e. The summed E-state index contributed by atoms with van der Waals surface area (Å²) in [6.07, 6.45) is 0.247. The Morgan fingerprint density at radius 1 is 1.69 bits per heavy atom. The Bertz CT molecular complexity index is 250. The van der Waals surface area contributed by atoms with Crippen LogP contribution in [0.25, 0.3) is 0 Å². The number of hydrogen-bond donors (Lipinski definition) is 2. The molecule has 1 saturated heterocycles. The molecule has 0 aliphatic carbocycles. The monoisotopic (exact) mass is 186 g/mol. The SMILES string of the molecule is CC(C)(C(=O)O)N1CC(N)CC1=O. The van der Waals surface area contributed by atoms with Crippen molar-refractivity contribution in [3.05, 3.63) is 0 Å². The molecule has 1 atom stereocenters. The second kappa shape index (κ2) is 2.99. The first-order valence-corrected chi connectivity index (χ1v) is 4.15. The quantitative estimate of drug-likeness (QED) is 0.603. The summed E-state index contributed by atoms with van der Waals surface area (Å²) >= 11 is 0. The van der Waals surface area contributed by atoms with Crippen LogP contribution in [-0.2, 0) is 9.59 Å². The van der Waals surface area contributed by atoms with Crippen molar-refractivity contribution in [1.82, 2.24) is 4.90 Å². The van der Waals surface area contributed by atoms with Gasteiger partial charge in [-0.05, 0) is 13.8 Å². The van der Waals surface area contributed by atoms with E-state index in [2.05, 4.69) is 0 Å². The fourth-order valence-corrected chi connectivity index (χ4v) is 1.39. The maximum atomic E-state index is 11.3. The molecule has 0 aromatic heterocycles. The van der Waals surface area contributed by atoms with E-state index in [9.17, 15) is 9.59 Å². The van der Waals surface area contributed by atoms with Crippen molar-refractivity contribution in [2.24, 2.45) is 5.73 Å². The predicted octanol–water partition coefficient (Wildman–Crippen LogP) is -0.591. The number of carbonyl (C=O) groups is 2. The highest BCUT2D eigenvalue weighted by molar-refractivity contribution is 5.88. The van der Waals surface area contributed by atoms with Gasteiger partial charge < -0.3 is 15.7 Å². The van der Waals surface area contributed by atoms with E-state index in [1.165, 1.54) is 18.7 Å². The molecule has 0 bridgehead atoms. The van der Waals surface area contributed by atoms with Gasteiger partial charge in [0.05, 0.1) is 0 Å². The molecular formula is C8H14N2O3. The van der Waals surface area contributed by atoms with E-state index < -0.39 is 11.5 Å². The summed E-state index contributed by atoms with van der Waals surface area (Å²) in [5, 5.41) is 8.87. The minimum atomic E-state index is -1.15. The number of carboxylic acid groups (broad SMARTS) is 1. The van der Waals surface area contributed by atoms with E-state index in [4.69, 9.17) is 10.8 Å². The third-order valence-corrected chi connectivity index (χ3v) is 2.35. The van der Waals surface area contributed by atoms with Crippen LogP contribution >= 0.6 is 0 Å². The Balaban J connectivity index is 2.83. The van der Waals surface area contributed by atoms with Crippen molar-refractivity contribution in [1.29, 1.82) is 0 Å². The first-order chi connectivity index (χ1) is 5.85. The van der Waals surface area contributed by atoms with Crippen LogP contribution in [0, 0.1) is 0 Å². The zero-order valence-corrected chi connectivity index (χ0v) is 7.78. The molecule has 1 rings (SSSR count). The normalized spacial score (nSPS) is 23.8. The van der Waals surface area contributed by atoms with Crippen LogP contribution in [0.5, 0.6) is 0 Å². The van der Waals surface area contributed by atoms with Crippen molar-refractivity contribution in [2.45, 2.75) is 31.8 Å². The average molecular weight is 186 g/mol. The minimum Gasteiger partial charge on any atom is -0.480 e. The van der Waals surface area contributed by atoms with E-state index in [0.717, 1.165) is 0 Å². The van der Waals surface area contributed by atoms with Gasteiger partial charge in [-0.3, -0.25) is 4.79 Å². The third kappa shape index (κ3) is 1.65. The molecular weight excluding hydrogens is 172 g/mol. The molecule has 0 radical (unpaired) electrons. The highest BCUT2D eigenvalue weighted by Gasteiger charge is 2.42. The number of carboxylic acids is 1. The summed E-state index contributed by atoms with van der Waals surface area (Å²) < 4.78 is 0. The Labute approximate surface area is 76.5 Å². The molecule has 1 aliphatic heterocycles. The van der Waals surface area contributed by atoms with Gasteiger partial charge in [-0.2, -0.15) is 0 Å². The molecule has 5 nitrogen and oxygen atoms in total. The number of amides is 1. The van der Waals surface area contributed by atoms with Crippen LogP contribution < -0.4 is 5.73 Å². The van der Waals surface area contributed by atoms with Crippen molar-refractivity contribution in [3.8, 4) is 0 Å². The zero-order chi connectivity index (χ0) is 10.2. The number of aliphatic carboxylic acids is 1. The lowest BCUT2D eigenvalue weighted by Crippen LogP contribution is -2.51. The number of hydrogen-bond acceptors (Lipinski definition) is 3. The Morgan fingerprint density at radius 3 is 2.54 bits per heavy atom. The maximum Gasteiger partial charge on any atom is 0.329 e. The molecule has 0 saturated carbocycles. The first-order valence-electron chi connectivity index (χ1n) is 4.15. The molecule has 1 amide bonds. The predicted molar refractivity (Wildman–Crippen MR) is 46.0 cm³/mol. The third-order valence-electron chi connectivity index (χ3n) is 2.35. The van der Waals surface area contributed by atoms with Gasteiger partial charge in [0.15, 0.2) is 0 Å². The Kier molecular flexibility index (Phi) is 2.30. The molecule has 1 heterocycles. The van der Waals surface area contributed by atoms with Crippen LogP contribution in [-0.4, -0.2) is 40.0 Å². The lowest BCUT2D eigenvalue weighted by Gasteiger charge is -2.31. The molecule has 1 unspecified atom stereocenters. The summed E-state index contributed by atoms with van der Waals surface area (Å²) in [4.78, 5) is 23.5. The van der Waals surface area contributed by atoms with Gasteiger partial charge in [0.1, 0.15) is 5.54 Å². The van der Waals surface area contributed by atoms with Gasteiger partial charge in [-0.25, -0.2) is 4.79 Å². The van der Waals surface area contributed by atoms with Crippen LogP contribution in [0.2, 0.25) is 0 Å². The standard InChI is InChI=1S/C8H14N2O3/c1-8(2,7(12)13)10-4-5(9)3-6(10)11/h5H,3-4,9H2,1-2H3,(H,12,13). The topological polar surface area (TPSA) is 83.6 Å². The fourth-order valence-electron chi connectivity index (χ4n) is 1.39. The Hall–Kier alpha value is -1.10. The van der Waals surface area contributed by atoms with E-state index in [0.29, 0.717) is 6.54 Å². The lowest BCUT2D eigenvalue weighted by atomic mass is 10.0. The summed E-state index contributed by atoms with van der Waals surface area (Å²) in [6, 6.07) is -0.230. The van der Waals surface area contributed by atoms with Gasteiger partial charge in [0.25, 0.3) is 0 Å². The number of rotatable bonds is 2. The number of nitrogens with two attached hydrogens (primary N) is 1. The maximum absolute atomic E-state index is 11.3. The molecule has 0 aromatic rings. The minimum absolute atomic E-state index is 0.181. The van der Waals surface area contributed by atoms with Crippen LogP contribution in [0.4, 0.5) is 0 Å². The van der Waals surface area contributed by atoms with Gasteiger partial charge in [0, 0.05) is 19.0 Å². The summed E-state index contributed by atoms with van der Waals surface area (Å²) in [5.41, 5.74) is 4.41. The molecule has 74 valence electrons. The van der Waals surface area contributed by atoms with Crippen molar-refractivity contribution >= 4 is 11.9 Å². The average Bonchev–Trinajstić information content (AvgIpc) is 2.30. The number of likely N-dealkylation sites (tertiary alicyclic amines) is 1. The molecule has 1 fully saturated rings. The lowest BCUT2D eigenvalue weighted by molar-refractivity contribution is -0.154. The van der Waals surface area contributed by atoms with Crippen LogP contribution in [0.3, 0.4) is 0 Å². The highest BCUT2D eigenvalue weighted by Crippen LogP contribution is 2.21. The fraction of sp³-hybridized carbons (Fsp3) is 0.750.